The van der Waals surface area contributed by atoms with Gasteiger partial charge in [-0.05, 0) is 13.8 Å². The molecule has 0 aliphatic heterocycles. The van der Waals surface area contributed by atoms with Gasteiger partial charge in [0.25, 0.3) is 0 Å². The summed E-state index contributed by atoms with van der Waals surface area (Å²) in [6.07, 6.45) is -4.47. The minimum Gasteiger partial charge on any atom is -0.481 e. The van der Waals surface area contributed by atoms with Crippen LogP contribution in [-0.4, -0.2) is 22.4 Å². The summed E-state index contributed by atoms with van der Waals surface area (Å²) in [6.45, 7) is 3.54. The van der Waals surface area contributed by atoms with E-state index in [1.807, 2.05) is 0 Å². The smallest absolute Gasteiger partial charge is 0.435 e. The van der Waals surface area contributed by atoms with Crippen LogP contribution < -0.4 is 10.5 Å². The third-order valence-electron chi connectivity index (χ3n) is 1.80. The molecule has 0 atom stereocenters. The third-order valence-corrected chi connectivity index (χ3v) is 1.80. The van der Waals surface area contributed by atoms with Gasteiger partial charge in [-0.2, -0.15) is 18.3 Å². The van der Waals surface area contributed by atoms with Gasteiger partial charge in [-0.25, -0.2) is 4.68 Å². The first-order valence-electron chi connectivity index (χ1n) is 4.61. The van der Waals surface area contributed by atoms with Crippen LogP contribution in [0.1, 0.15) is 19.5 Å². The molecule has 0 radical (unpaired) electrons. The Labute approximate surface area is 103 Å². The lowest BCUT2D eigenvalue weighted by atomic mass is 10.1. The number of nitrogens with zero attached hydrogens (tertiary/aromatic N) is 2. The van der Waals surface area contributed by atoms with Crippen LogP contribution in [0.5, 0.6) is 5.88 Å². The van der Waals surface area contributed by atoms with Gasteiger partial charge in [0.15, 0.2) is 5.69 Å². The number of halogens is 4. The van der Waals surface area contributed by atoms with Gasteiger partial charge in [-0.15, -0.1) is 12.4 Å². The lowest BCUT2D eigenvalue weighted by Crippen LogP contribution is -2.37. The molecule has 17 heavy (non-hydrogen) atoms. The van der Waals surface area contributed by atoms with E-state index in [9.17, 15) is 13.2 Å². The Hall–Kier alpha value is -0.950. The highest BCUT2D eigenvalue weighted by molar-refractivity contribution is 5.85. The third kappa shape index (κ3) is 4.43. The summed E-state index contributed by atoms with van der Waals surface area (Å²) in [6, 6.07) is 0.853. The average Bonchev–Trinajstić information content (AvgIpc) is 2.43. The van der Waals surface area contributed by atoms with E-state index in [4.69, 9.17) is 10.5 Å². The largest absolute Gasteiger partial charge is 0.481 e. The maximum atomic E-state index is 12.4. The van der Waals surface area contributed by atoms with E-state index in [2.05, 4.69) is 5.10 Å². The predicted molar refractivity (Wildman–Crippen MR) is 59.3 cm³/mol. The minimum absolute atomic E-state index is 0. The molecule has 0 aliphatic rings. The van der Waals surface area contributed by atoms with Gasteiger partial charge in [0, 0.05) is 11.6 Å². The van der Waals surface area contributed by atoms with Crippen molar-refractivity contribution in [3.05, 3.63) is 11.8 Å². The van der Waals surface area contributed by atoms with Crippen molar-refractivity contribution in [2.45, 2.75) is 32.1 Å². The number of methoxy groups -OCH3 is 1. The first-order valence-corrected chi connectivity index (χ1v) is 4.61. The van der Waals surface area contributed by atoms with Crippen LogP contribution in [0, 0.1) is 0 Å². The molecule has 1 aromatic heterocycles. The molecule has 0 spiro atoms. The first-order chi connectivity index (χ1) is 7.13. The zero-order valence-corrected chi connectivity index (χ0v) is 10.5. The van der Waals surface area contributed by atoms with Crippen LogP contribution >= 0.6 is 12.4 Å². The molecule has 1 aromatic rings. The molecule has 4 nitrogen and oxygen atoms in total. The van der Waals surface area contributed by atoms with E-state index < -0.39 is 17.4 Å². The highest BCUT2D eigenvalue weighted by Crippen LogP contribution is 2.30. The summed E-state index contributed by atoms with van der Waals surface area (Å²) in [4.78, 5) is 0. The number of nitrogens with two attached hydrogens (primary N) is 1. The zero-order chi connectivity index (χ0) is 12.6. The Morgan fingerprint density at radius 1 is 1.41 bits per heavy atom. The van der Waals surface area contributed by atoms with E-state index in [-0.39, 0.29) is 24.8 Å². The van der Waals surface area contributed by atoms with Crippen LogP contribution in [0.4, 0.5) is 13.2 Å². The number of hydrogen-bond acceptors (Lipinski definition) is 3. The molecular weight excluding hydrogens is 259 g/mol. The maximum absolute atomic E-state index is 12.4. The standard InChI is InChI=1S/C9H14F3N3O.ClH/c1-8(2,13)5-15-7(16-3)4-6(14-15)9(10,11)12;/h4H,5,13H2,1-3H3;1H. The quantitative estimate of drug-likeness (QED) is 0.917. The van der Waals surface area contributed by atoms with Gasteiger partial charge in [0.1, 0.15) is 0 Å². The Kier molecular flexibility index (Phi) is 4.85. The molecule has 8 heteroatoms. The molecule has 0 saturated heterocycles. The van der Waals surface area contributed by atoms with Crippen molar-refractivity contribution in [3.63, 3.8) is 0 Å². The van der Waals surface area contributed by atoms with Crippen molar-refractivity contribution >= 4 is 12.4 Å². The molecule has 0 unspecified atom stereocenters. The molecule has 100 valence electrons. The molecule has 0 bridgehead atoms. The van der Waals surface area contributed by atoms with Gasteiger partial charge < -0.3 is 10.5 Å². The molecule has 0 aromatic carbocycles. The molecule has 0 fully saturated rings. The van der Waals surface area contributed by atoms with Gasteiger partial charge in [0.2, 0.25) is 5.88 Å². The molecule has 1 heterocycles. The van der Waals surface area contributed by atoms with Crippen LogP contribution in [0.2, 0.25) is 0 Å². The maximum Gasteiger partial charge on any atom is 0.435 e. The number of aromatic nitrogens is 2. The van der Waals surface area contributed by atoms with Crippen molar-refractivity contribution in [1.29, 1.82) is 0 Å². The first kappa shape index (κ1) is 16.1. The molecule has 0 saturated carbocycles. The van der Waals surface area contributed by atoms with Crippen molar-refractivity contribution in [2.75, 3.05) is 7.11 Å². The van der Waals surface area contributed by atoms with Crippen molar-refractivity contribution in [2.24, 2.45) is 5.73 Å². The Morgan fingerprint density at radius 3 is 2.29 bits per heavy atom. The van der Waals surface area contributed by atoms with Crippen LogP contribution in [0.3, 0.4) is 0 Å². The second-order valence-corrected chi connectivity index (χ2v) is 4.22. The highest BCUT2D eigenvalue weighted by atomic mass is 35.5. The van der Waals surface area contributed by atoms with E-state index in [1.165, 1.54) is 7.11 Å². The predicted octanol–water partition coefficient (Wildman–Crippen LogP) is 2.07. The molecule has 0 amide bonds. The van der Waals surface area contributed by atoms with Gasteiger partial charge in [-0.3, -0.25) is 0 Å². The van der Waals surface area contributed by atoms with Gasteiger partial charge in [0.05, 0.1) is 13.7 Å². The van der Waals surface area contributed by atoms with Crippen LogP contribution in [0.15, 0.2) is 6.07 Å². The summed E-state index contributed by atoms with van der Waals surface area (Å²) in [7, 11) is 1.29. The molecule has 0 aliphatic carbocycles. The fourth-order valence-corrected chi connectivity index (χ4v) is 1.20. The highest BCUT2D eigenvalue weighted by Gasteiger charge is 2.35. The molecule has 1 rings (SSSR count). The van der Waals surface area contributed by atoms with E-state index in [0.29, 0.717) is 0 Å². The number of hydrogen-bond donors (Lipinski definition) is 1. The van der Waals surface area contributed by atoms with Gasteiger partial charge in [-0.1, -0.05) is 0 Å². The zero-order valence-electron chi connectivity index (χ0n) is 9.71. The summed E-state index contributed by atoms with van der Waals surface area (Å²) in [5, 5.41) is 3.42. The number of rotatable bonds is 3. The summed E-state index contributed by atoms with van der Waals surface area (Å²) in [5.74, 6) is 0.0471. The number of ether oxygens (including phenoxy) is 1. The van der Waals surface area contributed by atoms with E-state index in [1.54, 1.807) is 13.8 Å². The monoisotopic (exact) mass is 273 g/mol. The summed E-state index contributed by atoms with van der Waals surface area (Å²) in [5.41, 5.74) is 4.07. The van der Waals surface area contributed by atoms with Gasteiger partial charge >= 0.3 is 6.18 Å². The SMILES string of the molecule is COc1cc(C(F)(F)F)nn1CC(C)(C)N.Cl. The topological polar surface area (TPSA) is 53.1 Å². The Morgan fingerprint density at radius 2 is 1.94 bits per heavy atom. The average molecular weight is 274 g/mol. The van der Waals surface area contributed by atoms with Crippen LogP contribution in [-0.2, 0) is 12.7 Å². The van der Waals surface area contributed by atoms with E-state index in [0.717, 1.165) is 10.7 Å². The van der Waals surface area contributed by atoms with Crippen molar-refractivity contribution in [3.8, 4) is 5.88 Å². The number of alkyl halides is 3. The fraction of sp³-hybridized carbons (Fsp3) is 0.667. The molecule has 2 N–H and O–H groups in total. The normalized spacial score (nSPS) is 12.2. The minimum atomic E-state index is -4.47. The van der Waals surface area contributed by atoms with E-state index >= 15 is 0 Å². The van der Waals surface area contributed by atoms with Crippen molar-refractivity contribution < 1.29 is 17.9 Å². The second-order valence-electron chi connectivity index (χ2n) is 4.22. The Bertz CT molecular complexity index is 371. The lowest BCUT2D eigenvalue weighted by molar-refractivity contribution is -0.141. The second kappa shape index (κ2) is 5.14. The summed E-state index contributed by atoms with van der Waals surface area (Å²) >= 11 is 0. The lowest BCUT2D eigenvalue weighted by Gasteiger charge is -2.19. The van der Waals surface area contributed by atoms with Crippen molar-refractivity contribution in [1.82, 2.24) is 9.78 Å². The fourth-order valence-electron chi connectivity index (χ4n) is 1.20. The van der Waals surface area contributed by atoms with Crippen LogP contribution in [0.25, 0.3) is 0 Å². The summed E-state index contributed by atoms with van der Waals surface area (Å²) < 4.78 is 43.1. The Balaban J connectivity index is 0.00000256. The molecular formula is C9H15ClF3N3O.